The average Bonchev–Trinajstić information content (AvgIpc) is 2.73. The summed E-state index contributed by atoms with van der Waals surface area (Å²) >= 11 is 3.47. The van der Waals surface area contributed by atoms with Gasteiger partial charge in [0.05, 0.1) is 0 Å². The summed E-state index contributed by atoms with van der Waals surface area (Å²) in [4.78, 5) is 24.7. The zero-order valence-corrected chi connectivity index (χ0v) is 18.7. The third-order valence-corrected chi connectivity index (χ3v) is 4.97. The topological polar surface area (TPSA) is 52.6 Å². The lowest BCUT2D eigenvalue weighted by molar-refractivity contribution is -0.136. The Hall–Kier alpha value is -2.92. The zero-order valence-electron chi connectivity index (χ0n) is 17.1. The SMILES string of the molecule is CC(C)(C)c1cc(Br)ccc1OCC(=O)Oc1ccc(C(=O)c2ccccc2)cc1. The summed E-state index contributed by atoms with van der Waals surface area (Å²) in [5.74, 6) is 0.410. The first-order valence-electron chi connectivity index (χ1n) is 9.57. The molecule has 0 saturated carbocycles. The third-order valence-electron chi connectivity index (χ3n) is 4.48. The number of esters is 1. The van der Waals surface area contributed by atoms with Gasteiger partial charge in [0.2, 0.25) is 0 Å². The lowest BCUT2D eigenvalue weighted by atomic mass is 9.86. The Balaban J connectivity index is 1.62. The Kier molecular flexibility index (Phi) is 6.73. The van der Waals surface area contributed by atoms with Gasteiger partial charge in [-0.1, -0.05) is 67.0 Å². The molecular formula is C25H23BrO4. The highest BCUT2D eigenvalue weighted by molar-refractivity contribution is 9.10. The number of carbonyl (C=O) groups is 2. The molecule has 5 heteroatoms. The van der Waals surface area contributed by atoms with E-state index in [-0.39, 0.29) is 17.8 Å². The van der Waals surface area contributed by atoms with Gasteiger partial charge in [-0.25, -0.2) is 4.79 Å². The summed E-state index contributed by atoms with van der Waals surface area (Å²) in [6.45, 7) is 6.03. The summed E-state index contributed by atoms with van der Waals surface area (Å²) in [6, 6.07) is 21.2. The number of ketones is 1. The maximum Gasteiger partial charge on any atom is 0.349 e. The Labute approximate surface area is 185 Å². The quantitative estimate of drug-likeness (QED) is 0.255. The summed E-state index contributed by atoms with van der Waals surface area (Å²) < 4.78 is 12.0. The van der Waals surface area contributed by atoms with E-state index in [2.05, 4.69) is 36.7 Å². The van der Waals surface area contributed by atoms with Crippen LogP contribution in [0.5, 0.6) is 11.5 Å². The van der Waals surface area contributed by atoms with Crippen molar-refractivity contribution < 1.29 is 19.1 Å². The van der Waals surface area contributed by atoms with Gasteiger partial charge in [0.15, 0.2) is 12.4 Å². The van der Waals surface area contributed by atoms with Gasteiger partial charge in [-0.3, -0.25) is 4.79 Å². The minimum Gasteiger partial charge on any atom is -0.482 e. The van der Waals surface area contributed by atoms with E-state index in [1.165, 1.54) is 0 Å². The van der Waals surface area contributed by atoms with Crippen LogP contribution in [0.25, 0.3) is 0 Å². The normalized spacial score (nSPS) is 11.1. The van der Waals surface area contributed by atoms with Crippen LogP contribution >= 0.6 is 15.9 Å². The number of hydrogen-bond donors (Lipinski definition) is 0. The highest BCUT2D eigenvalue weighted by Gasteiger charge is 2.20. The molecule has 0 unspecified atom stereocenters. The van der Waals surface area contributed by atoms with Crippen LogP contribution in [-0.4, -0.2) is 18.4 Å². The molecule has 3 aromatic carbocycles. The van der Waals surface area contributed by atoms with Crippen molar-refractivity contribution in [2.24, 2.45) is 0 Å². The molecule has 0 radical (unpaired) electrons. The van der Waals surface area contributed by atoms with Crippen molar-refractivity contribution in [2.75, 3.05) is 6.61 Å². The zero-order chi connectivity index (χ0) is 21.7. The van der Waals surface area contributed by atoms with E-state index in [0.29, 0.717) is 22.6 Å². The van der Waals surface area contributed by atoms with Crippen molar-refractivity contribution in [3.8, 4) is 11.5 Å². The lowest BCUT2D eigenvalue weighted by Gasteiger charge is -2.23. The molecule has 0 aliphatic heterocycles. The van der Waals surface area contributed by atoms with Gasteiger partial charge in [0, 0.05) is 21.2 Å². The smallest absolute Gasteiger partial charge is 0.349 e. The molecule has 30 heavy (non-hydrogen) atoms. The number of hydrogen-bond acceptors (Lipinski definition) is 4. The fourth-order valence-electron chi connectivity index (χ4n) is 2.94. The van der Waals surface area contributed by atoms with Gasteiger partial charge in [0.1, 0.15) is 11.5 Å². The Morgan fingerprint density at radius 2 is 1.50 bits per heavy atom. The largest absolute Gasteiger partial charge is 0.482 e. The summed E-state index contributed by atoms with van der Waals surface area (Å²) in [7, 11) is 0. The van der Waals surface area contributed by atoms with Crippen LogP contribution < -0.4 is 9.47 Å². The molecule has 0 spiro atoms. The van der Waals surface area contributed by atoms with Crippen molar-refractivity contribution >= 4 is 27.7 Å². The minimum atomic E-state index is -0.514. The molecule has 0 aliphatic carbocycles. The van der Waals surface area contributed by atoms with E-state index in [0.717, 1.165) is 10.0 Å². The fraction of sp³-hybridized carbons (Fsp3) is 0.200. The number of ether oxygens (including phenoxy) is 2. The molecule has 0 N–H and O–H groups in total. The maximum atomic E-state index is 12.4. The molecule has 0 bridgehead atoms. The van der Waals surface area contributed by atoms with Crippen molar-refractivity contribution in [3.05, 3.63) is 94.0 Å². The highest BCUT2D eigenvalue weighted by Crippen LogP contribution is 2.33. The van der Waals surface area contributed by atoms with Gasteiger partial charge in [-0.05, 0) is 47.9 Å². The molecule has 3 rings (SSSR count). The maximum absolute atomic E-state index is 12.4. The molecule has 4 nitrogen and oxygen atoms in total. The summed E-state index contributed by atoms with van der Waals surface area (Å²) in [6.07, 6.45) is 0. The minimum absolute atomic E-state index is 0.0817. The van der Waals surface area contributed by atoms with E-state index < -0.39 is 5.97 Å². The van der Waals surface area contributed by atoms with E-state index in [4.69, 9.17) is 9.47 Å². The van der Waals surface area contributed by atoms with Crippen molar-refractivity contribution in [1.82, 2.24) is 0 Å². The van der Waals surface area contributed by atoms with Crippen molar-refractivity contribution in [3.63, 3.8) is 0 Å². The molecule has 0 fully saturated rings. The van der Waals surface area contributed by atoms with Gasteiger partial charge in [0.25, 0.3) is 0 Å². The van der Waals surface area contributed by atoms with Crippen LogP contribution in [0.4, 0.5) is 0 Å². The van der Waals surface area contributed by atoms with Crippen molar-refractivity contribution in [2.45, 2.75) is 26.2 Å². The van der Waals surface area contributed by atoms with E-state index in [1.807, 2.05) is 36.4 Å². The molecule has 0 saturated heterocycles. The van der Waals surface area contributed by atoms with E-state index in [9.17, 15) is 9.59 Å². The Bertz CT molecular complexity index is 1030. The molecule has 154 valence electrons. The van der Waals surface area contributed by atoms with Crippen LogP contribution in [0, 0.1) is 0 Å². The van der Waals surface area contributed by atoms with Crippen LogP contribution in [0.15, 0.2) is 77.3 Å². The predicted molar refractivity (Wildman–Crippen MR) is 120 cm³/mol. The number of carbonyl (C=O) groups excluding carboxylic acids is 2. The van der Waals surface area contributed by atoms with Gasteiger partial charge >= 0.3 is 5.97 Å². The molecule has 0 aliphatic rings. The van der Waals surface area contributed by atoms with Crippen LogP contribution in [0.3, 0.4) is 0 Å². The first-order chi connectivity index (χ1) is 14.2. The summed E-state index contributed by atoms with van der Waals surface area (Å²) in [5, 5.41) is 0. The molecular weight excluding hydrogens is 444 g/mol. The Morgan fingerprint density at radius 1 is 0.867 bits per heavy atom. The standard InChI is InChI=1S/C25H23BrO4/c1-25(2,3)21-15-19(26)11-14-22(21)29-16-23(27)30-20-12-9-18(10-13-20)24(28)17-7-5-4-6-8-17/h4-15H,16H2,1-3H3. The number of benzene rings is 3. The van der Waals surface area contributed by atoms with E-state index in [1.54, 1.807) is 36.4 Å². The highest BCUT2D eigenvalue weighted by atomic mass is 79.9. The number of rotatable bonds is 6. The van der Waals surface area contributed by atoms with Crippen LogP contribution in [0.1, 0.15) is 42.3 Å². The lowest BCUT2D eigenvalue weighted by Crippen LogP contribution is -2.20. The number of halogens is 1. The second kappa shape index (κ2) is 9.26. The second-order valence-electron chi connectivity index (χ2n) is 7.87. The van der Waals surface area contributed by atoms with Crippen LogP contribution in [-0.2, 0) is 10.2 Å². The van der Waals surface area contributed by atoms with E-state index >= 15 is 0 Å². The van der Waals surface area contributed by atoms with Gasteiger partial charge in [-0.15, -0.1) is 0 Å². The fourth-order valence-corrected chi connectivity index (χ4v) is 3.30. The first-order valence-corrected chi connectivity index (χ1v) is 10.4. The van der Waals surface area contributed by atoms with Crippen LogP contribution in [0.2, 0.25) is 0 Å². The average molecular weight is 467 g/mol. The first kappa shape index (κ1) is 21.8. The van der Waals surface area contributed by atoms with Gasteiger partial charge < -0.3 is 9.47 Å². The second-order valence-corrected chi connectivity index (χ2v) is 8.79. The molecule has 3 aromatic rings. The predicted octanol–water partition coefficient (Wildman–Crippen LogP) is 5.96. The van der Waals surface area contributed by atoms with Gasteiger partial charge in [-0.2, -0.15) is 0 Å². The molecule has 0 heterocycles. The monoisotopic (exact) mass is 466 g/mol. The third kappa shape index (κ3) is 5.57. The van der Waals surface area contributed by atoms with Crippen molar-refractivity contribution in [1.29, 1.82) is 0 Å². The molecule has 0 amide bonds. The molecule has 0 atom stereocenters. The summed E-state index contributed by atoms with van der Waals surface area (Å²) in [5.41, 5.74) is 2.00. The Morgan fingerprint density at radius 3 is 2.13 bits per heavy atom. The molecule has 0 aromatic heterocycles.